The van der Waals surface area contributed by atoms with Crippen LogP contribution >= 0.6 is 15.9 Å². The van der Waals surface area contributed by atoms with Gasteiger partial charge in [-0.05, 0) is 74.2 Å². The molecule has 0 bridgehead atoms. The van der Waals surface area contributed by atoms with Crippen molar-refractivity contribution >= 4 is 15.9 Å². The molecule has 1 heterocycles. The molecule has 17 heavy (non-hydrogen) atoms. The first kappa shape index (κ1) is 11.7. The fourth-order valence-corrected chi connectivity index (χ4v) is 3.60. The zero-order valence-corrected chi connectivity index (χ0v) is 11.8. The monoisotopic (exact) mass is 293 g/mol. The average molecular weight is 294 g/mol. The van der Waals surface area contributed by atoms with Crippen molar-refractivity contribution in [2.24, 2.45) is 5.92 Å². The van der Waals surface area contributed by atoms with E-state index in [2.05, 4.69) is 39.4 Å². The number of halogens is 1. The van der Waals surface area contributed by atoms with Crippen molar-refractivity contribution in [2.75, 3.05) is 13.1 Å². The first-order chi connectivity index (χ1) is 8.33. The largest absolute Gasteiger partial charge is 0.316 e. The summed E-state index contributed by atoms with van der Waals surface area (Å²) in [5.74, 6) is 1.68. The van der Waals surface area contributed by atoms with Crippen molar-refractivity contribution in [3.8, 4) is 0 Å². The predicted octanol–water partition coefficient (Wildman–Crippen LogP) is 3.87. The van der Waals surface area contributed by atoms with Crippen LogP contribution in [-0.4, -0.2) is 13.1 Å². The molecule has 1 aliphatic heterocycles. The Balaban J connectivity index is 1.68. The second-order valence-corrected chi connectivity index (χ2v) is 6.40. The van der Waals surface area contributed by atoms with E-state index in [9.17, 15) is 0 Å². The van der Waals surface area contributed by atoms with Gasteiger partial charge in [0.1, 0.15) is 0 Å². The van der Waals surface area contributed by atoms with Crippen LogP contribution in [0.2, 0.25) is 0 Å². The molecular weight excluding hydrogens is 274 g/mol. The Morgan fingerprint density at radius 2 is 2.12 bits per heavy atom. The van der Waals surface area contributed by atoms with Crippen LogP contribution in [0, 0.1) is 5.92 Å². The summed E-state index contributed by atoms with van der Waals surface area (Å²) < 4.78 is 1.33. The van der Waals surface area contributed by atoms with Gasteiger partial charge in [-0.25, -0.2) is 0 Å². The van der Waals surface area contributed by atoms with Crippen molar-refractivity contribution < 1.29 is 0 Å². The maximum absolute atomic E-state index is 3.74. The van der Waals surface area contributed by atoms with Crippen LogP contribution in [0.1, 0.15) is 42.7 Å². The SMILES string of the molecule is Brc1cc(CC2CCCNC2)ccc1C1CC1. The summed E-state index contributed by atoms with van der Waals surface area (Å²) in [5, 5.41) is 3.50. The van der Waals surface area contributed by atoms with Crippen LogP contribution in [0.4, 0.5) is 0 Å². The van der Waals surface area contributed by atoms with Gasteiger partial charge in [0.15, 0.2) is 0 Å². The van der Waals surface area contributed by atoms with E-state index in [1.54, 1.807) is 0 Å². The smallest absolute Gasteiger partial charge is 0.0212 e. The number of hydrogen-bond donors (Lipinski definition) is 1. The van der Waals surface area contributed by atoms with E-state index in [0.717, 1.165) is 11.8 Å². The number of nitrogens with one attached hydrogen (secondary N) is 1. The van der Waals surface area contributed by atoms with Crippen LogP contribution in [0.15, 0.2) is 22.7 Å². The second kappa shape index (κ2) is 5.11. The highest BCUT2D eigenvalue weighted by Gasteiger charge is 2.25. The summed E-state index contributed by atoms with van der Waals surface area (Å²) in [6, 6.07) is 7.03. The lowest BCUT2D eigenvalue weighted by Gasteiger charge is -2.23. The van der Waals surface area contributed by atoms with Crippen molar-refractivity contribution in [1.29, 1.82) is 0 Å². The molecule has 3 rings (SSSR count). The van der Waals surface area contributed by atoms with Gasteiger partial charge in [-0.2, -0.15) is 0 Å². The van der Waals surface area contributed by atoms with Crippen LogP contribution in [0.25, 0.3) is 0 Å². The van der Waals surface area contributed by atoms with E-state index < -0.39 is 0 Å². The summed E-state index contributed by atoms with van der Waals surface area (Å²) in [6.45, 7) is 2.41. The lowest BCUT2D eigenvalue weighted by molar-refractivity contribution is 0.376. The Bertz CT molecular complexity index is 392. The minimum atomic E-state index is 0.836. The van der Waals surface area contributed by atoms with Gasteiger partial charge in [0.05, 0.1) is 0 Å². The Morgan fingerprint density at radius 3 is 2.76 bits per heavy atom. The number of hydrogen-bond acceptors (Lipinski definition) is 1. The summed E-state index contributed by atoms with van der Waals surface area (Å²) >= 11 is 3.74. The molecule has 1 aromatic rings. The minimum absolute atomic E-state index is 0.836. The van der Waals surface area contributed by atoms with Crippen molar-refractivity contribution in [3.05, 3.63) is 33.8 Å². The maximum atomic E-state index is 3.74. The predicted molar refractivity (Wildman–Crippen MR) is 75.4 cm³/mol. The number of rotatable bonds is 3. The van der Waals surface area contributed by atoms with Crippen molar-refractivity contribution in [2.45, 2.75) is 38.0 Å². The Hall–Kier alpha value is -0.340. The second-order valence-electron chi connectivity index (χ2n) is 5.55. The van der Waals surface area contributed by atoms with E-state index in [1.165, 1.54) is 60.8 Å². The maximum Gasteiger partial charge on any atom is 0.0212 e. The molecule has 1 aliphatic carbocycles. The Kier molecular flexibility index (Phi) is 3.53. The van der Waals surface area contributed by atoms with Gasteiger partial charge in [-0.3, -0.25) is 0 Å². The summed E-state index contributed by atoms with van der Waals surface area (Å²) in [6.07, 6.45) is 6.71. The fourth-order valence-electron chi connectivity index (χ4n) is 2.85. The van der Waals surface area contributed by atoms with Gasteiger partial charge in [-0.15, -0.1) is 0 Å². The van der Waals surface area contributed by atoms with Gasteiger partial charge in [0.25, 0.3) is 0 Å². The van der Waals surface area contributed by atoms with Crippen LogP contribution < -0.4 is 5.32 Å². The summed E-state index contributed by atoms with van der Waals surface area (Å²) in [4.78, 5) is 0. The molecule has 2 heteroatoms. The highest BCUT2D eigenvalue weighted by Crippen LogP contribution is 2.43. The zero-order chi connectivity index (χ0) is 11.7. The van der Waals surface area contributed by atoms with Crippen molar-refractivity contribution in [3.63, 3.8) is 0 Å². The molecule has 1 saturated carbocycles. The van der Waals surface area contributed by atoms with E-state index >= 15 is 0 Å². The fraction of sp³-hybridized carbons (Fsp3) is 0.600. The number of piperidine rings is 1. The molecule has 1 atom stereocenters. The Morgan fingerprint density at radius 1 is 1.24 bits per heavy atom. The molecule has 92 valence electrons. The van der Waals surface area contributed by atoms with E-state index in [-0.39, 0.29) is 0 Å². The van der Waals surface area contributed by atoms with Gasteiger partial charge in [0, 0.05) is 4.47 Å². The van der Waals surface area contributed by atoms with Crippen LogP contribution in [0.3, 0.4) is 0 Å². The lowest BCUT2D eigenvalue weighted by atomic mass is 9.92. The topological polar surface area (TPSA) is 12.0 Å². The molecular formula is C15H20BrN. The molecule has 1 N–H and O–H groups in total. The van der Waals surface area contributed by atoms with Crippen molar-refractivity contribution in [1.82, 2.24) is 5.32 Å². The molecule has 1 saturated heterocycles. The van der Waals surface area contributed by atoms with E-state index in [4.69, 9.17) is 0 Å². The average Bonchev–Trinajstić information content (AvgIpc) is 3.15. The number of benzene rings is 1. The van der Waals surface area contributed by atoms with E-state index in [0.29, 0.717) is 0 Å². The quantitative estimate of drug-likeness (QED) is 0.892. The molecule has 0 aromatic heterocycles. The first-order valence-corrected chi connectivity index (χ1v) is 7.61. The third-order valence-electron chi connectivity index (χ3n) is 4.01. The van der Waals surface area contributed by atoms with Gasteiger partial charge >= 0.3 is 0 Å². The molecule has 2 fully saturated rings. The molecule has 0 radical (unpaired) electrons. The summed E-state index contributed by atoms with van der Waals surface area (Å²) in [5.41, 5.74) is 3.02. The normalized spacial score (nSPS) is 24.9. The standard InChI is InChI=1S/C15H20BrN/c16-15-9-11(3-6-14(15)13-4-5-13)8-12-2-1-7-17-10-12/h3,6,9,12-13,17H,1-2,4-5,7-8,10H2. The van der Waals surface area contributed by atoms with Crippen LogP contribution in [-0.2, 0) is 6.42 Å². The van der Waals surface area contributed by atoms with Gasteiger partial charge < -0.3 is 5.32 Å². The van der Waals surface area contributed by atoms with Gasteiger partial charge in [-0.1, -0.05) is 28.1 Å². The molecule has 1 unspecified atom stereocenters. The molecule has 1 nitrogen and oxygen atoms in total. The first-order valence-electron chi connectivity index (χ1n) is 6.82. The highest BCUT2D eigenvalue weighted by molar-refractivity contribution is 9.10. The Labute approximate surface area is 112 Å². The van der Waals surface area contributed by atoms with Gasteiger partial charge in [0.2, 0.25) is 0 Å². The third-order valence-corrected chi connectivity index (χ3v) is 4.69. The van der Waals surface area contributed by atoms with Crippen LogP contribution in [0.5, 0.6) is 0 Å². The molecule has 2 aliphatic rings. The molecule has 1 aromatic carbocycles. The minimum Gasteiger partial charge on any atom is -0.316 e. The molecule has 0 spiro atoms. The lowest BCUT2D eigenvalue weighted by Crippen LogP contribution is -2.30. The molecule has 0 amide bonds. The highest BCUT2D eigenvalue weighted by atomic mass is 79.9. The summed E-state index contributed by atoms with van der Waals surface area (Å²) in [7, 11) is 0. The third kappa shape index (κ3) is 2.92. The zero-order valence-electron chi connectivity index (χ0n) is 10.2. The van der Waals surface area contributed by atoms with E-state index in [1.807, 2.05) is 0 Å².